The van der Waals surface area contributed by atoms with Gasteiger partial charge in [-0.15, -0.1) is 0 Å². The number of benzene rings is 4. The molecule has 4 atom stereocenters. The molecule has 0 aliphatic carbocycles. The molecule has 1 aliphatic rings. The van der Waals surface area contributed by atoms with Crippen LogP contribution < -0.4 is 0 Å². The molecule has 0 spiro atoms. The normalized spacial score (nSPS) is 21.7. The Bertz CT molecular complexity index is 1140. The second kappa shape index (κ2) is 12.5. The zero-order valence-corrected chi connectivity index (χ0v) is 21.6. The van der Waals surface area contributed by atoms with Crippen molar-refractivity contribution >= 4 is 0 Å². The molecule has 196 valence electrons. The standard InChI is InChI=1S/C33H34O5/c1-35-32-31(36-23-25-14-6-2-7-15-25)30(34)22-29(38-32)24-37-33(26-16-8-3-9-17-26,27-18-10-4-11-19-27)28-20-12-5-13-21-28/h2-21,29-32,34H,22-24H2,1H3/t29-,30-,31+,32-/m0/s1. The molecule has 1 N–H and O–H groups in total. The number of ether oxygens (including phenoxy) is 4. The molecule has 0 bridgehead atoms. The van der Waals surface area contributed by atoms with Crippen LogP contribution in [0.2, 0.25) is 0 Å². The van der Waals surface area contributed by atoms with Crippen LogP contribution >= 0.6 is 0 Å². The molecule has 0 radical (unpaired) electrons. The fourth-order valence-corrected chi connectivity index (χ4v) is 5.15. The topological polar surface area (TPSA) is 57.2 Å². The smallest absolute Gasteiger partial charge is 0.186 e. The Labute approximate surface area is 224 Å². The van der Waals surface area contributed by atoms with E-state index in [-0.39, 0.29) is 12.7 Å². The van der Waals surface area contributed by atoms with Crippen molar-refractivity contribution in [3.8, 4) is 0 Å². The molecule has 38 heavy (non-hydrogen) atoms. The molecular weight excluding hydrogens is 476 g/mol. The van der Waals surface area contributed by atoms with Crippen molar-refractivity contribution in [1.29, 1.82) is 0 Å². The van der Waals surface area contributed by atoms with E-state index in [1.54, 1.807) is 7.11 Å². The summed E-state index contributed by atoms with van der Waals surface area (Å²) in [6.07, 6.45) is -2.09. The molecule has 1 fully saturated rings. The predicted molar refractivity (Wildman–Crippen MR) is 146 cm³/mol. The Morgan fingerprint density at radius 2 is 1.21 bits per heavy atom. The largest absolute Gasteiger partial charge is 0.390 e. The average molecular weight is 511 g/mol. The Morgan fingerprint density at radius 3 is 1.68 bits per heavy atom. The maximum Gasteiger partial charge on any atom is 0.186 e. The maximum atomic E-state index is 11.1. The fraction of sp³-hybridized carbons (Fsp3) is 0.273. The van der Waals surface area contributed by atoms with Gasteiger partial charge in [-0.3, -0.25) is 0 Å². The van der Waals surface area contributed by atoms with E-state index in [0.717, 1.165) is 22.3 Å². The highest BCUT2D eigenvalue weighted by Gasteiger charge is 2.42. The first-order valence-corrected chi connectivity index (χ1v) is 13.0. The lowest BCUT2D eigenvalue weighted by atomic mass is 9.80. The summed E-state index contributed by atoms with van der Waals surface area (Å²) in [5.74, 6) is 0. The van der Waals surface area contributed by atoms with Gasteiger partial charge in [-0.05, 0) is 22.3 Å². The zero-order chi connectivity index (χ0) is 26.2. The van der Waals surface area contributed by atoms with Gasteiger partial charge in [0.05, 0.1) is 25.4 Å². The molecule has 4 aromatic rings. The molecule has 0 saturated carbocycles. The van der Waals surface area contributed by atoms with Crippen molar-refractivity contribution < 1.29 is 24.1 Å². The van der Waals surface area contributed by atoms with Crippen molar-refractivity contribution in [2.45, 2.75) is 43.2 Å². The summed E-state index contributed by atoms with van der Waals surface area (Å²) in [6, 6.07) is 40.5. The van der Waals surface area contributed by atoms with Gasteiger partial charge < -0.3 is 24.1 Å². The van der Waals surface area contributed by atoms with E-state index < -0.39 is 24.1 Å². The predicted octanol–water partition coefficient (Wildman–Crippen LogP) is 5.70. The van der Waals surface area contributed by atoms with Crippen molar-refractivity contribution in [3.63, 3.8) is 0 Å². The van der Waals surface area contributed by atoms with E-state index in [2.05, 4.69) is 36.4 Å². The Balaban J connectivity index is 1.39. The summed E-state index contributed by atoms with van der Waals surface area (Å²) < 4.78 is 24.8. The van der Waals surface area contributed by atoms with Gasteiger partial charge in [0.1, 0.15) is 11.7 Å². The van der Waals surface area contributed by atoms with E-state index in [1.165, 1.54) is 0 Å². The van der Waals surface area contributed by atoms with E-state index in [0.29, 0.717) is 13.0 Å². The van der Waals surface area contributed by atoms with Gasteiger partial charge in [0, 0.05) is 13.5 Å². The molecule has 5 rings (SSSR count). The first-order chi connectivity index (χ1) is 18.7. The van der Waals surface area contributed by atoms with Crippen LogP contribution in [0.3, 0.4) is 0 Å². The number of methoxy groups -OCH3 is 1. The zero-order valence-electron chi connectivity index (χ0n) is 21.6. The minimum Gasteiger partial charge on any atom is -0.390 e. The quantitative estimate of drug-likeness (QED) is 0.277. The molecule has 5 heteroatoms. The van der Waals surface area contributed by atoms with E-state index >= 15 is 0 Å². The Hall–Kier alpha value is -3.32. The molecule has 0 aromatic heterocycles. The summed E-state index contributed by atoms with van der Waals surface area (Å²) in [6.45, 7) is 0.618. The number of hydrogen-bond donors (Lipinski definition) is 1. The van der Waals surface area contributed by atoms with Crippen LogP contribution in [0, 0.1) is 0 Å². The van der Waals surface area contributed by atoms with Gasteiger partial charge >= 0.3 is 0 Å². The second-order valence-corrected chi connectivity index (χ2v) is 9.52. The summed E-state index contributed by atoms with van der Waals surface area (Å²) in [4.78, 5) is 0. The lowest BCUT2D eigenvalue weighted by Gasteiger charge is -2.41. The highest BCUT2D eigenvalue weighted by atomic mass is 16.7. The van der Waals surface area contributed by atoms with E-state index in [9.17, 15) is 5.11 Å². The summed E-state index contributed by atoms with van der Waals surface area (Å²) in [7, 11) is 1.57. The summed E-state index contributed by atoms with van der Waals surface area (Å²) in [5.41, 5.74) is 3.21. The molecule has 4 aromatic carbocycles. The first kappa shape index (κ1) is 26.3. The lowest BCUT2D eigenvalue weighted by Crippen LogP contribution is -2.52. The van der Waals surface area contributed by atoms with E-state index in [1.807, 2.05) is 84.9 Å². The monoisotopic (exact) mass is 510 g/mol. The second-order valence-electron chi connectivity index (χ2n) is 9.52. The van der Waals surface area contributed by atoms with Gasteiger partial charge in [-0.1, -0.05) is 121 Å². The third-order valence-electron chi connectivity index (χ3n) is 7.02. The minimum atomic E-state index is -0.860. The number of aliphatic hydroxyl groups is 1. The maximum absolute atomic E-state index is 11.1. The summed E-state index contributed by atoms with van der Waals surface area (Å²) >= 11 is 0. The van der Waals surface area contributed by atoms with Crippen molar-refractivity contribution in [2.24, 2.45) is 0 Å². The highest BCUT2D eigenvalue weighted by Crippen LogP contribution is 2.41. The van der Waals surface area contributed by atoms with Gasteiger partial charge in [0.25, 0.3) is 0 Å². The van der Waals surface area contributed by atoms with E-state index in [4.69, 9.17) is 18.9 Å². The highest BCUT2D eigenvalue weighted by molar-refractivity contribution is 5.47. The van der Waals surface area contributed by atoms with Crippen LogP contribution in [0.25, 0.3) is 0 Å². The van der Waals surface area contributed by atoms with Crippen molar-refractivity contribution in [2.75, 3.05) is 13.7 Å². The van der Waals surface area contributed by atoms with Crippen LogP contribution in [0.15, 0.2) is 121 Å². The lowest BCUT2D eigenvalue weighted by molar-refractivity contribution is -0.280. The van der Waals surface area contributed by atoms with Crippen LogP contribution in [-0.2, 0) is 31.2 Å². The fourth-order valence-electron chi connectivity index (χ4n) is 5.15. The molecular formula is C33H34O5. The van der Waals surface area contributed by atoms with Crippen LogP contribution in [-0.4, -0.2) is 43.4 Å². The third-order valence-corrected chi connectivity index (χ3v) is 7.02. The summed E-state index contributed by atoms with van der Waals surface area (Å²) in [5, 5.41) is 11.1. The SMILES string of the molecule is CO[C@H]1O[C@H](COC(c2ccccc2)(c2ccccc2)c2ccccc2)C[C@H](O)[C@H]1OCc1ccccc1. The molecule has 1 aliphatic heterocycles. The molecule has 0 unspecified atom stereocenters. The van der Waals surface area contributed by atoms with Crippen LogP contribution in [0.5, 0.6) is 0 Å². The number of aliphatic hydroxyl groups excluding tert-OH is 1. The van der Waals surface area contributed by atoms with Gasteiger partial charge in [0.2, 0.25) is 0 Å². The van der Waals surface area contributed by atoms with Gasteiger partial charge in [-0.25, -0.2) is 0 Å². The van der Waals surface area contributed by atoms with Gasteiger partial charge in [-0.2, -0.15) is 0 Å². The number of rotatable bonds is 10. The Kier molecular flexibility index (Phi) is 8.64. The van der Waals surface area contributed by atoms with Crippen LogP contribution in [0.1, 0.15) is 28.7 Å². The first-order valence-electron chi connectivity index (χ1n) is 13.0. The molecule has 5 nitrogen and oxygen atoms in total. The van der Waals surface area contributed by atoms with Crippen LogP contribution in [0.4, 0.5) is 0 Å². The molecule has 1 saturated heterocycles. The third kappa shape index (κ3) is 5.73. The van der Waals surface area contributed by atoms with Crippen molar-refractivity contribution in [3.05, 3.63) is 144 Å². The molecule has 0 amide bonds. The average Bonchev–Trinajstić information content (AvgIpc) is 2.99. The Morgan fingerprint density at radius 1 is 0.737 bits per heavy atom. The minimum absolute atomic E-state index is 0.251. The number of hydrogen-bond acceptors (Lipinski definition) is 5. The van der Waals surface area contributed by atoms with Crippen molar-refractivity contribution in [1.82, 2.24) is 0 Å². The molecule has 1 heterocycles. The van der Waals surface area contributed by atoms with Gasteiger partial charge in [0.15, 0.2) is 6.29 Å².